The van der Waals surface area contributed by atoms with Gasteiger partial charge in [-0.2, -0.15) is 0 Å². The summed E-state index contributed by atoms with van der Waals surface area (Å²) in [4.78, 5) is 15.7. The van der Waals surface area contributed by atoms with Crippen LogP contribution in [0, 0.1) is 5.82 Å². The van der Waals surface area contributed by atoms with Crippen LogP contribution in [0.1, 0.15) is 48.8 Å². The Morgan fingerprint density at radius 1 is 1.00 bits per heavy atom. The number of fused-ring (bicyclic) bond motifs is 2. The number of hydrogen-bond acceptors (Lipinski definition) is 3. The summed E-state index contributed by atoms with van der Waals surface area (Å²) in [5, 5.41) is 0. The van der Waals surface area contributed by atoms with Crippen LogP contribution in [0.5, 0.6) is 11.5 Å². The molecule has 1 aliphatic carbocycles. The second-order valence-corrected chi connectivity index (χ2v) is 8.46. The smallest absolute Gasteiger partial charge is 0.237 e. The minimum absolute atomic E-state index is 0.0781. The Kier molecular flexibility index (Phi) is 4.76. The van der Waals surface area contributed by atoms with Gasteiger partial charge < -0.3 is 14.4 Å². The minimum atomic E-state index is -0.598. The van der Waals surface area contributed by atoms with E-state index in [-0.39, 0.29) is 11.7 Å². The van der Waals surface area contributed by atoms with Crippen LogP contribution in [0.3, 0.4) is 0 Å². The fraction of sp³-hybridized carbons (Fsp3) is 0.400. The first-order valence-electron chi connectivity index (χ1n) is 10.8. The van der Waals surface area contributed by atoms with Crippen LogP contribution < -0.4 is 9.47 Å². The first-order chi connectivity index (χ1) is 14.6. The van der Waals surface area contributed by atoms with E-state index in [4.69, 9.17) is 9.47 Å². The largest absolute Gasteiger partial charge is 0.490 e. The average Bonchev–Trinajstić information content (AvgIpc) is 3.14. The molecule has 4 nitrogen and oxygen atoms in total. The van der Waals surface area contributed by atoms with E-state index in [0.29, 0.717) is 25.5 Å². The van der Waals surface area contributed by atoms with Gasteiger partial charge in [0.1, 0.15) is 5.82 Å². The lowest BCUT2D eigenvalue weighted by atomic mass is 9.77. The Balaban J connectivity index is 1.49. The highest BCUT2D eigenvalue weighted by Gasteiger charge is 2.46. The Morgan fingerprint density at radius 3 is 2.37 bits per heavy atom. The predicted octanol–water partition coefficient (Wildman–Crippen LogP) is 4.85. The van der Waals surface area contributed by atoms with Gasteiger partial charge >= 0.3 is 0 Å². The maximum atomic E-state index is 13.9. The molecule has 0 aromatic heterocycles. The monoisotopic (exact) mass is 407 g/mol. The molecular weight excluding hydrogens is 381 g/mol. The van der Waals surface area contributed by atoms with Gasteiger partial charge in [-0.25, -0.2) is 4.39 Å². The predicted molar refractivity (Wildman–Crippen MR) is 113 cm³/mol. The molecule has 1 saturated carbocycles. The van der Waals surface area contributed by atoms with Crippen molar-refractivity contribution in [2.24, 2.45) is 0 Å². The third-order valence-corrected chi connectivity index (χ3v) is 6.72. The van der Waals surface area contributed by atoms with Crippen molar-refractivity contribution in [1.82, 2.24) is 4.90 Å². The van der Waals surface area contributed by atoms with Gasteiger partial charge in [0.25, 0.3) is 0 Å². The van der Waals surface area contributed by atoms with Crippen molar-refractivity contribution in [1.29, 1.82) is 0 Å². The third-order valence-electron chi connectivity index (χ3n) is 6.72. The van der Waals surface area contributed by atoms with Crippen molar-refractivity contribution in [3.8, 4) is 11.5 Å². The Bertz CT molecular complexity index is 992. The van der Waals surface area contributed by atoms with E-state index in [9.17, 15) is 9.18 Å². The highest BCUT2D eigenvalue weighted by molar-refractivity contribution is 5.96. The molecule has 2 aromatic carbocycles. The normalized spacial score (nSPS) is 19.9. The van der Waals surface area contributed by atoms with E-state index in [1.165, 1.54) is 12.1 Å². The molecule has 0 radical (unpaired) electrons. The van der Waals surface area contributed by atoms with E-state index in [0.717, 1.165) is 66.7 Å². The van der Waals surface area contributed by atoms with Crippen LogP contribution in [0.15, 0.2) is 43.0 Å². The van der Waals surface area contributed by atoms with Crippen molar-refractivity contribution in [3.05, 3.63) is 65.5 Å². The van der Waals surface area contributed by atoms with Crippen LogP contribution in [-0.2, 0) is 16.6 Å². The standard InChI is InChI=1S/C25H26FNO3/c1-17-21-16-23-22(29-13-4-14-30-23)15-18(21)9-12-27(17)24(28)25(10-2-3-11-25)19-5-7-20(26)8-6-19/h5-8,15-16H,1-4,9-14H2. The lowest BCUT2D eigenvalue weighted by molar-refractivity contribution is -0.134. The molecule has 2 aliphatic heterocycles. The van der Waals surface area contributed by atoms with Crippen LogP contribution >= 0.6 is 0 Å². The van der Waals surface area contributed by atoms with Crippen molar-refractivity contribution in [3.63, 3.8) is 0 Å². The topological polar surface area (TPSA) is 38.8 Å². The Hall–Kier alpha value is -2.82. The molecule has 1 amide bonds. The first-order valence-corrected chi connectivity index (χ1v) is 10.8. The summed E-state index contributed by atoms with van der Waals surface area (Å²) >= 11 is 0. The molecule has 0 saturated heterocycles. The number of nitrogens with zero attached hydrogens (tertiary/aromatic N) is 1. The zero-order valence-electron chi connectivity index (χ0n) is 17.1. The minimum Gasteiger partial charge on any atom is -0.490 e. The van der Waals surface area contributed by atoms with Crippen molar-refractivity contribution in [2.75, 3.05) is 19.8 Å². The fourth-order valence-electron chi connectivity index (χ4n) is 5.09. The highest BCUT2D eigenvalue weighted by atomic mass is 19.1. The molecule has 5 heteroatoms. The molecule has 0 spiro atoms. The van der Waals surface area contributed by atoms with Gasteiger partial charge in [-0.1, -0.05) is 31.6 Å². The van der Waals surface area contributed by atoms with E-state index in [1.54, 1.807) is 12.1 Å². The number of carbonyl (C=O) groups is 1. The summed E-state index contributed by atoms with van der Waals surface area (Å²) < 4.78 is 25.2. The second-order valence-electron chi connectivity index (χ2n) is 8.46. The number of carbonyl (C=O) groups excluding carboxylic acids is 1. The number of ether oxygens (including phenoxy) is 2. The molecule has 0 atom stereocenters. The van der Waals surface area contributed by atoms with Crippen molar-refractivity contribution >= 4 is 11.6 Å². The molecular formula is C25H26FNO3. The molecule has 2 heterocycles. The van der Waals surface area contributed by atoms with Crippen LogP contribution in [0.25, 0.3) is 5.70 Å². The van der Waals surface area contributed by atoms with Gasteiger partial charge in [0, 0.05) is 24.2 Å². The molecule has 3 aliphatic rings. The fourth-order valence-corrected chi connectivity index (χ4v) is 5.09. The lowest BCUT2D eigenvalue weighted by Crippen LogP contribution is -2.46. The first kappa shape index (κ1) is 19.2. The second kappa shape index (κ2) is 7.46. The molecule has 0 N–H and O–H groups in total. The summed E-state index contributed by atoms with van der Waals surface area (Å²) in [6, 6.07) is 10.4. The highest BCUT2D eigenvalue weighted by Crippen LogP contribution is 2.45. The number of hydrogen-bond donors (Lipinski definition) is 0. The summed E-state index contributed by atoms with van der Waals surface area (Å²) in [5.74, 6) is 1.29. The SMILES string of the molecule is C=C1c2cc3c(cc2CCN1C(=O)C1(c2ccc(F)cc2)CCCC1)OCCCO3. The van der Waals surface area contributed by atoms with E-state index < -0.39 is 5.41 Å². The number of halogens is 1. The van der Waals surface area contributed by atoms with Gasteiger partial charge in [0.05, 0.1) is 18.6 Å². The van der Waals surface area contributed by atoms with Crippen molar-refractivity contribution < 1.29 is 18.7 Å². The van der Waals surface area contributed by atoms with Gasteiger partial charge in [-0.15, -0.1) is 0 Å². The summed E-state index contributed by atoms with van der Waals surface area (Å²) in [5.41, 5.74) is 3.11. The van der Waals surface area contributed by atoms with Crippen LogP contribution in [0.2, 0.25) is 0 Å². The van der Waals surface area contributed by atoms with Crippen LogP contribution in [-0.4, -0.2) is 30.6 Å². The third kappa shape index (κ3) is 3.08. The number of benzene rings is 2. The zero-order chi connectivity index (χ0) is 20.7. The van der Waals surface area contributed by atoms with Crippen LogP contribution in [0.4, 0.5) is 4.39 Å². The molecule has 5 rings (SSSR count). The van der Waals surface area contributed by atoms with Gasteiger partial charge in [-0.05, 0) is 54.7 Å². The summed E-state index contributed by atoms with van der Waals surface area (Å²) in [7, 11) is 0. The van der Waals surface area contributed by atoms with E-state index in [1.807, 2.05) is 17.0 Å². The number of amides is 1. The molecule has 0 unspecified atom stereocenters. The van der Waals surface area contributed by atoms with E-state index in [2.05, 4.69) is 6.58 Å². The molecule has 1 fully saturated rings. The molecule has 2 aromatic rings. The molecule has 30 heavy (non-hydrogen) atoms. The van der Waals surface area contributed by atoms with Gasteiger partial charge in [0.2, 0.25) is 5.91 Å². The quantitative estimate of drug-likeness (QED) is 0.714. The Labute approximate surface area is 176 Å². The maximum absolute atomic E-state index is 13.9. The van der Waals surface area contributed by atoms with E-state index >= 15 is 0 Å². The van der Waals surface area contributed by atoms with Crippen molar-refractivity contribution in [2.45, 2.75) is 43.9 Å². The number of rotatable bonds is 2. The Morgan fingerprint density at radius 2 is 1.67 bits per heavy atom. The average molecular weight is 407 g/mol. The van der Waals surface area contributed by atoms with Gasteiger partial charge in [0.15, 0.2) is 11.5 Å². The molecule has 0 bridgehead atoms. The van der Waals surface area contributed by atoms with Gasteiger partial charge in [-0.3, -0.25) is 4.79 Å². The summed E-state index contributed by atoms with van der Waals surface area (Å²) in [6.45, 7) is 6.15. The maximum Gasteiger partial charge on any atom is 0.237 e. The molecule has 156 valence electrons. The summed E-state index contributed by atoms with van der Waals surface area (Å²) in [6.07, 6.45) is 5.17. The zero-order valence-corrected chi connectivity index (χ0v) is 17.1. The lowest BCUT2D eigenvalue weighted by Gasteiger charge is -2.38.